The number of allylic oxidation sites excluding steroid dienone is 1. The third-order valence-electron chi connectivity index (χ3n) is 3.47. The molecule has 0 heterocycles. The minimum absolute atomic E-state index is 0.160. The van der Waals surface area contributed by atoms with Crippen LogP contribution in [0.3, 0.4) is 0 Å². The van der Waals surface area contributed by atoms with Gasteiger partial charge in [-0.1, -0.05) is 11.6 Å². The molecule has 2 aliphatic carbocycles. The molecule has 2 rings (SSSR count). The highest BCUT2D eigenvalue weighted by molar-refractivity contribution is 5.16. The summed E-state index contributed by atoms with van der Waals surface area (Å²) in [5.41, 5.74) is 7.69. The minimum Gasteiger partial charge on any atom is -0.379 e. The molecule has 1 fully saturated rings. The van der Waals surface area contributed by atoms with E-state index in [1.807, 2.05) is 0 Å². The number of hydrogen-bond donors (Lipinski definition) is 1. The normalized spacial score (nSPS) is 26.9. The Labute approximate surface area is 86.5 Å². The van der Waals surface area contributed by atoms with Crippen molar-refractivity contribution < 1.29 is 4.74 Å². The molecule has 0 aliphatic heterocycles. The van der Waals surface area contributed by atoms with E-state index in [4.69, 9.17) is 10.5 Å². The molecular formula is C12H21NO. The Morgan fingerprint density at radius 2 is 2.21 bits per heavy atom. The van der Waals surface area contributed by atoms with Crippen LogP contribution in [0, 0.1) is 5.92 Å². The lowest BCUT2D eigenvalue weighted by Crippen LogP contribution is -2.39. The number of hydrogen-bond acceptors (Lipinski definition) is 2. The van der Waals surface area contributed by atoms with Crippen molar-refractivity contribution in [2.24, 2.45) is 11.7 Å². The smallest absolute Gasteiger partial charge is 0.0788 e. The summed E-state index contributed by atoms with van der Waals surface area (Å²) >= 11 is 0. The van der Waals surface area contributed by atoms with Gasteiger partial charge in [-0.05, 0) is 44.4 Å². The third-order valence-corrected chi connectivity index (χ3v) is 3.47. The van der Waals surface area contributed by atoms with Crippen molar-refractivity contribution in [2.75, 3.05) is 7.11 Å². The van der Waals surface area contributed by atoms with E-state index in [2.05, 4.69) is 6.08 Å². The predicted molar refractivity (Wildman–Crippen MR) is 58.0 cm³/mol. The van der Waals surface area contributed by atoms with Gasteiger partial charge in [0.1, 0.15) is 0 Å². The fourth-order valence-corrected chi connectivity index (χ4v) is 2.43. The van der Waals surface area contributed by atoms with E-state index in [1.165, 1.54) is 44.1 Å². The molecule has 0 spiro atoms. The van der Waals surface area contributed by atoms with Crippen LogP contribution in [0.1, 0.15) is 38.5 Å². The number of nitrogens with two attached hydrogens (primary N) is 1. The molecule has 2 atom stereocenters. The minimum atomic E-state index is 0.160. The first-order valence-electron chi connectivity index (χ1n) is 5.80. The van der Waals surface area contributed by atoms with Crippen LogP contribution >= 0.6 is 0 Å². The van der Waals surface area contributed by atoms with E-state index in [0.29, 0.717) is 0 Å². The van der Waals surface area contributed by atoms with Crippen molar-refractivity contribution in [3.05, 3.63) is 11.6 Å². The molecule has 0 aromatic carbocycles. The van der Waals surface area contributed by atoms with Crippen LogP contribution < -0.4 is 5.73 Å². The molecule has 0 radical (unpaired) electrons. The first kappa shape index (κ1) is 10.2. The lowest BCUT2D eigenvalue weighted by molar-refractivity contribution is 0.0704. The maximum Gasteiger partial charge on any atom is 0.0788 e. The van der Waals surface area contributed by atoms with E-state index in [-0.39, 0.29) is 12.1 Å². The lowest BCUT2D eigenvalue weighted by atomic mass is 9.90. The van der Waals surface area contributed by atoms with Crippen LogP contribution in [0.4, 0.5) is 0 Å². The summed E-state index contributed by atoms with van der Waals surface area (Å²) in [6.07, 6.45) is 10.3. The molecule has 2 aliphatic rings. The number of rotatable bonds is 4. The second-order valence-corrected chi connectivity index (χ2v) is 4.59. The molecule has 2 unspecified atom stereocenters. The second-order valence-electron chi connectivity index (χ2n) is 4.59. The van der Waals surface area contributed by atoms with Gasteiger partial charge in [0.05, 0.1) is 12.1 Å². The molecule has 2 heteroatoms. The zero-order chi connectivity index (χ0) is 9.97. The van der Waals surface area contributed by atoms with Gasteiger partial charge >= 0.3 is 0 Å². The van der Waals surface area contributed by atoms with Gasteiger partial charge in [-0.3, -0.25) is 0 Å². The van der Waals surface area contributed by atoms with Crippen molar-refractivity contribution in [2.45, 2.75) is 50.7 Å². The molecule has 0 aromatic heterocycles. The standard InChI is InChI=1S/C12H21NO/c1-14-12(10-7-8-10)11(13)9-5-3-2-4-6-9/h5,10-12H,2-4,6-8,13H2,1H3. The van der Waals surface area contributed by atoms with Crippen LogP contribution in [-0.2, 0) is 4.74 Å². The fourth-order valence-electron chi connectivity index (χ4n) is 2.43. The predicted octanol–water partition coefficient (Wildman–Crippen LogP) is 2.24. The molecular weight excluding hydrogens is 174 g/mol. The SMILES string of the molecule is COC(C1CC1)C(N)C1=CCCCC1. The highest BCUT2D eigenvalue weighted by Gasteiger charge is 2.36. The van der Waals surface area contributed by atoms with Crippen LogP contribution in [0.25, 0.3) is 0 Å². The van der Waals surface area contributed by atoms with E-state index >= 15 is 0 Å². The highest BCUT2D eigenvalue weighted by atomic mass is 16.5. The first-order chi connectivity index (χ1) is 6.83. The summed E-state index contributed by atoms with van der Waals surface area (Å²) in [6, 6.07) is 0.160. The Bertz CT molecular complexity index is 220. The average Bonchev–Trinajstić information content (AvgIpc) is 3.04. The second kappa shape index (κ2) is 4.45. The fraction of sp³-hybridized carbons (Fsp3) is 0.833. The van der Waals surface area contributed by atoms with Gasteiger partial charge in [-0.15, -0.1) is 0 Å². The monoisotopic (exact) mass is 195 g/mol. The average molecular weight is 195 g/mol. The van der Waals surface area contributed by atoms with Gasteiger partial charge < -0.3 is 10.5 Å². The zero-order valence-electron chi connectivity index (χ0n) is 9.04. The van der Waals surface area contributed by atoms with Crippen molar-refractivity contribution in [1.29, 1.82) is 0 Å². The molecule has 2 N–H and O–H groups in total. The molecule has 0 saturated heterocycles. The van der Waals surface area contributed by atoms with Gasteiger partial charge in [-0.2, -0.15) is 0 Å². The quantitative estimate of drug-likeness (QED) is 0.698. The zero-order valence-corrected chi connectivity index (χ0v) is 9.04. The van der Waals surface area contributed by atoms with Gasteiger partial charge in [0.2, 0.25) is 0 Å². The van der Waals surface area contributed by atoms with Crippen LogP contribution in [-0.4, -0.2) is 19.3 Å². The van der Waals surface area contributed by atoms with Crippen molar-refractivity contribution in [3.63, 3.8) is 0 Å². The molecule has 0 aromatic rings. The summed E-state index contributed by atoms with van der Waals surface area (Å²) in [5, 5.41) is 0. The summed E-state index contributed by atoms with van der Waals surface area (Å²) in [5.74, 6) is 0.734. The highest BCUT2D eigenvalue weighted by Crippen LogP contribution is 2.37. The van der Waals surface area contributed by atoms with Crippen LogP contribution in [0.2, 0.25) is 0 Å². The molecule has 2 nitrogen and oxygen atoms in total. The maximum absolute atomic E-state index is 6.25. The van der Waals surface area contributed by atoms with Gasteiger partial charge in [0.15, 0.2) is 0 Å². The molecule has 1 saturated carbocycles. The Morgan fingerprint density at radius 3 is 2.71 bits per heavy atom. The van der Waals surface area contributed by atoms with Crippen LogP contribution in [0.5, 0.6) is 0 Å². The van der Waals surface area contributed by atoms with Gasteiger partial charge in [0.25, 0.3) is 0 Å². The maximum atomic E-state index is 6.25. The van der Waals surface area contributed by atoms with Crippen LogP contribution in [0.15, 0.2) is 11.6 Å². The van der Waals surface area contributed by atoms with E-state index in [0.717, 1.165) is 5.92 Å². The van der Waals surface area contributed by atoms with E-state index in [1.54, 1.807) is 7.11 Å². The van der Waals surface area contributed by atoms with Gasteiger partial charge in [-0.25, -0.2) is 0 Å². The summed E-state index contributed by atoms with van der Waals surface area (Å²) in [4.78, 5) is 0. The first-order valence-corrected chi connectivity index (χ1v) is 5.80. The number of methoxy groups -OCH3 is 1. The van der Waals surface area contributed by atoms with E-state index < -0.39 is 0 Å². The molecule has 14 heavy (non-hydrogen) atoms. The molecule has 0 amide bonds. The van der Waals surface area contributed by atoms with Crippen molar-refractivity contribution in [1.82, 2.24) is 0 Å². The Morgan fingerprint density at radius 1 is 1.43 bits per heavy atom. The Hall–Kier alpha value is -0.340. The third kappa shape index (κ3) is 2.18. The van der Waals surface area contributed by atoms with Gasteiger partial charge in [0, 0.05) is 7.11 Å². The largest absolute Gasteiger partial charge is 0.379 e. The summed E-state index contributed by atoms with van der Waals surface area (Å²) < 4.78 is 5.52. The molecule has 0 bridgehead atoms. The Kier molecular flexibility index (Phi) is 3.24. The summed E-state index contributed by atoms with van der Waals surface area (Å²) in [6.45, 7) is 0. The molecule has 80 valence electrons. The number of ether oxygens (including phenoxy) is 1. The topological polar surface area (TPSA) is 35.2 Å². The van der Waals surface area contributed by atoms with Crippen molar-refractivity contribution >= 4 is 0 Å². The lowest BCUT2D eigenvalue weighted by Gasteiger charge is -2.26. The summed E-state index contributed by atoms with van der Waals surface area (Å²) in [7, 11) is 1.80. The van der Waals surface area contributed by atoms with E-state index in [9.17, 15) is 0 Å². The van der Waals surface area contributed by atoms with Crippen molar-refractivity contribution in [3.8, 4) is 0 Å². The Balaban J connectivity index is 1.97.